The number of rotatable bonds is 3. The second kappa shape index (κ2) is 8.04. The molecule has 1 atom stereocenters. The molecule has 0 unspecified atom stereocenters. The van der Waals surface area contributed by atoms with Gasteiger partial charge in [0.25, 0.3) is 5.91 Å². The molecule has 0 radical (unpaired) electrons. The Labute approximate surface area is 139 Å². The average Bonchev–Trinajstić information content (AvgIpc) is 2.85. The standard InChI is InChI=1S/C18H30N2O3/c1-14-17(23-12-11-22-14)18(21)19-15-7-6-10-20(13-15)16-8-4-2-3-5-9-16/h15-16H,2-13H2,1H3,(H,19,21)/t15-/m0/s1. The van der Waals surface area contributed by atoms with Crippen molar-refractivity contribution in [2.75, 3.05) is 26.3 Å². The first-order valence-electron chi connectivity index (χ1n) is 9.25. The summed E-state index contributed by atoms with van der Waals surface area (Å²) in [7, 11) is 0. The van der Waals surface area contributed by atoms with Gasteiger partial charge >= 0.3 is 0 Å². The van der Waals surface area contributed by atoms with Crippen LogP contribution in [-0.4, -0.2) is 49.2 Å². The van der Waals surface area contributed by atoms with Crippen LogP contribution in [0.2, 0.25) is 0 Å². The van der Waals surface area contributed by atoms with Gasteiger partial charge in [-0.05, 0) is 39.2 Å². The number of hydrogen-bond acceptors (Lipinski definition) is 4. The van der Waals surface area contributed by atoms with Gasteiger partial charge in [-0.3, -0.25) is 9.69 Å². The Morgan fingerprint density at radius 3 is 2.52 bits per heavy atom. The van der Waals surface area contributed by atoms with Gasteiger partial charge in [0, 0.05) is 18.6 Å². The van der Waals surface area contributed by atoms with E-state index in [4.69, 9.17) is 9.47 Å². The number of hydrogen-bond donors (Lipinski definition) is 1. The van der Waals surface area contributed by atoms with Gasteiger partial charge in [0.15, 0.2) is 0 Å². The molecule has 130 valence electrons. The zero-order chi connectivity index (χ0) is 16.1. The lowest BCUT2D eigenvalue weighted by molar-refractivity contribution is -0.123. The van der Waals surface area contributed by atoms with Crippen molar-refractivity contribution in [1.29, 1.82) is 0 Å². The minimum absolute atomic E-state index is 0.116. The molecule has 0 aromatic rings. The lowest BCUT2D eigenvalue weighted by Gasteiger charge is -2.38. The first-order valence-corrected chi connectivity index (χ1v) is 9.25. The molecule has 1 N–H and O–H groups in total. The van der Waals surface area contributed by atoms with E-state index in [1.165, 1.54) is 45.1 Å². The molecule has 1 amide bonds. The molecular weight excluding hydrogens is 292 g/mol. The largest absolute Gasteiger partial charge is 0.491 e. The van der Waals surface area contributed by atoms with Gasteiger partial charge < -0.3 is 14.8 Å². The number of allylic oxidation sites excluding steroid dienone is 1. The molecule has 0 aromatic heterocycles. The molecule has 5 nitrogen and oxygen atoms in total. The number of likely N-dealkylation sites (tertiary alicyclic amines) is 1. The third-order valence-electron chi connectivity index (χ3n) is 5.30. The van der Waals surface area contributed by atoms with E-state index < -0.39 is 0 Å². The maximum absolute atomic E-state index is 12.4. The van der Waals surface area contributed by atoms with Crippen molar-refractivity contribution in [3.63, 3.8) is 0 Å². The van der Waals surface area contributed by atoms with Crippen molar-refractivity contribution in [3.05, 3.63) is 11.5 Å². The molecule has 0 bridgehead atoms. The van der Waals surface area contributed by atoms with E-state index in [9.17, 15) is 4.79 Å². The number of piperidine rings is 1. The van der Waals surface area contributed by atoms with Crippen LogP contribution in [0.25, 0.3) is 0 Å². The van der Waals surface area contributed by atoms with Crippen LogP contribution < -0.4 is 5.32 Å². The summed E-state index contributed by atoms with van der Waals surface area (Å²) in [6.07, 6.45) is 10.3. The Kier molecular flexibility index (Phi) is 5.81. The summed E-state index contributed by atoms with van der Waals surface area (Å²) < 4.78 is 10.9. The summed E-state index contributed by atoms with van der Waals surface area (Å²) in [6.45, 7) is 4.94. The van der Waals surface area contributed by atoms with Gasteiger partial charge in [-0.25, -0.2) is 0 Å². The van der Waals surface area contributed by atoms with Crippen molar-refractivity contribution < 1.29 is 14.3 Å². The zero-order valence-electron chi connectivity index (χ0n) is 14.3. The molecule has 23 heavy (non-hydrogen) atoms. The van der Waals surface area contributed by atoms with Crippen molar-refractivity contribution in [2.24, 2.45) is 0 Å². The molecule has 3 rings (SSSR count). The summed E-state index contributed by atoms with van der Waals surface area (Å²) in [5.41, 5.74) is 0. The molecule has 0 spiro atoms. The van der Waals surface area contributed by atoms with Crippen molar-refractivity contribution in [3.8, 4) is 0 Å². The van der Waals surface area contributed by atoms with E-state index in [1.807, 2.05) is 0 Å². The summed E-state index contributed by atoms with van der Waals surface area (Å²) in [4.78, 5) is 15.0. The Morgan fingerprint density at radius 1 is 1.04 bits per heavy atom. The van der Waals surface area contributed by atoms with Gasteiger partial charge in [-0.15, -0.1) is 0 Å². The summed E-state index contributed by atoms with van der Waals surface area (Å²) in [5, 5.41) is 3.16. The number of carbonyl (C=O) groups is 1. The molecule has 2 aliphatic heterocycles. The predicted octanol–water partition coefficient (Wildman–Crippen LogP) is 2.57. The fraction of sp³-hybridized carbons (Fsp3) is 0.833. The molecular formula is C18H30N2O3. The number of nitrogens with zero attached hydrogens (tertiary/aromatic N) is 1. The van der Waals surface area contributed by atoms with Gasteiger partial charge in [0.1, 0.15) is 19.0 Å². The van der Waals surface area contributed by atoms with Crippen LogP contribution in [0.5, 0.6) is 0 Å². The van der Waals surface area contributed by atoms with E-state index in [2.05, 4.69) is 10.2 Å². The van der Waals surface area contributed by atoms with Crippen LogP contribution in [-0.2, 0) is 14.3 Å². The van der Waals surface area contributed by atoms with Crippen LogP contribution >= 0.6 is 0 Å². The highest BCUT2D eigenvalue weighted by molar-refractivity contribution is 5.92. The smallest absolute Gasteiger partial charge is 0.290 e. The third kappa shape index (κ3) is 4.40. The Balaban J connectivity index is 1.54. The molecule has 5 heteroatoms. The van der Waals surface area contributed by atoms with E-state index >= 15 is 0 Å². The van der Waals surface area contributed by atoms with Crippen molar-refractivity contribution in [2.45, 2.75) is 70.4 Å². The van der Waals surface area contributed by atoms with Gasteiger partial charge in [-0.1, -0.05) is 25.7 Å². The molecule has 0 aromatic carbocycles. The van der Waals surface area contributed by atoms with Crippen LogP contribution in [0, 0.1) is 0 Å². The van der Waals surface area contributed by atoms with Crippen LogP contribution in [0.3, 0.4) is 0 Å². The highest BCUT2D eigenvalue weighted by Gasteiger charge is 2.29. The summed E-state index contributed by atoms with van der Waals surface area (Å²) in [5.74, 6) is 0.850. The predicted molar refractivity (Wildman–Crippen MR) is 88.8 cm³/mol. The highest BCUT2D eigenvalue weighted by Crippen LogP contribution is 2.25. The second-order valence-electron chi connectivity index (χ2n) is 7.04. The lowest BCUT2D eigenvalue weighted by atomic mass is 10.00. The van der Waals surface area contributed by atoms with Gasteiger partial charge in [0.2, 0.25) is 5.76 Å². The van der Waals surface area contributed by atoms with Crippen molar-refractivity contribution in [1.82, 2.24) is 10.2 Å². The maximum atomic E-state index is 12.4. The second-order valence-corrected chi connectivity index (χ2v) is 7.04. The average molecular weight is 322 g/mol. The van der Waals surface area contributed by atoms with E-state index in [1.54, 1.807) is 6.92 Å². The fourth-order valence-electron chi connectivity index (χ4n) is 4.06. The summed E-state index contributed by atoms with van der Waals surface area (Å²) >= 11 is 0. The summed E-state index contributed by atoms with van der Waals surface area (Å²) in [6, 6.07) is 0.942. The quantitative estimate of drug-likeness (QED) is 0.812. The molecule has 1 saturated heterocycles. The zero-order valence-corrected chi connectivity index (χ0v) is 14.3. The van der Waals surface area contributed by atoms with E-state index in [0.29, 0.717) is 30.8 Å². The Morgan fingerprint density at radius 2 is 1.78 bits per heavy atom. The number of amides is 1. The van der Waals surface area contributed by atoms with Gasteiger partial charge in [-0.2, -0.15) is 0 Å². The highest BCUT2D eigenvalue weighted by atomic mass is 16.6. The molecule has 1 saturated carbocycles. The molecule has 1 aliphatic carbocycles. The van der Waals surface area contributed by atoms with Crippen molar-refractivity contribution >= 4 is 5.91 Å². The first kappa shape index (κ1) is 16.6. The molecule has 2 fully saturated rings. The van der Waals surface area contributed by atoms with E-state index in [0.717, 1.165) is 19.4 Å². The van der Waals surface area contributed by atoms with Crippen LogP contribution in [0.15, 0.2) is 11.5 Å². The van der Waals surface area contributed by atoms with Crippen LogP contribution in [0.4, 0.5) is 0 Å². The third-order valence-corrected chi connectivity index (χ3v) is 5.30. The normalized spacial score (nSPS) is 27.8. The molecule has 2 heterocycles. The monoisotopic (exact) mass is 322 g/mol. The fourth-order valence-corrected chi connectivity index (χ4v) is 4.06. The number of ether oxygens (including phenoxy) is 2. The number of carbonyl (C=O) groups excluding carboxylic acids is 1. The van der Waals surface area contributed by atoms with E-state index in [-0.39, 0.29) is 11.9 Å². The van der Waals surface area contributed by atoms with Gasteiger partial charge in [0.05, 0.1) is 0 Å². The maximum Gasteiger partial charge on any atom is 0.290 e. The Bertz CT molecular complexity index is 442. The minimum atomic E-state index is -0.116. The van der Waals surface area contributed by atoms with Crippen LogP contribution in [0.1, 0.15) is 58.3 Å². The number of nitrogens with one attached hydrogen (secondary N) is 1. The first-order chi connectivity index (χ1) is 11.2. The SMILES string of the molecule is CC1=C(C(=O)N[C@H]2CCCN(C3CCCCCC3)C2)OCCO1. The lowest BCUT2D eigenvalue weighted by Crippen LogP contribution is -2.51. The minimum Gasteiger partial charge on any atom is -0.491 e. The Hall–Kier alpha value is -1.23. The topological polar surface area (TPSA) is 50.8 Å². The molecule has 3 aliphatic rings.